The Morgan fingerprint density at radius 3 is 2.65 bits per heavy atom. The third-order valence-electron chi connectivity index (χ3n) is 4.14. The average molecular weight is 289 g/mol. The molecule has 1 fully saturated rings. The summed E-state index contributed by atoms with van der Waals surface area (Å²) in [6, 6.07) is -0.0364. The Kier molecular flexibility index (Phi) is 4.42. The highest BCUT2D eigenvalue weighted by Crippen LogP contribution is 2.38. The van der Waals surface area contributed by atoms with Crippen LogP contribution in [0.25, 0.3) is 0 Å². The minimum Gasteiger partial charge on any atom is -0.307 e. The second-order valence-corrected chi connectivity index (χ2v) is 5.83. The zero-order valence-corrected chi connectivity index (χ0v) is 12.2. The Balaban J connectivity index is 1.97. The van der Waals surface area contributed by atoms with E-state index in [2.05, 4.69) is 10.4 Å². The van der Waals surface area contributed by atoms with E-state index in [0.29, 0.717) is 6.42 Å². The molecular weight excluding hydrogens is 267 g/mol. The molecule has 1 saturated carbocycles. The lowest BCUT2D eigenvalue weighted by molar-refractivity contribution is -0.183. The topological polar surface area (TPSA) is 29.9 Å². The summed E-state index contributed by atoms with van der Waals surface area (Å²) in [4.78, 5) is 0. The van der Waals surface area contributed by atoms with Gasteiger partial charge in [0.1, 0.15) is 0 Å². The van der Waals surface area contributed by atoms with Gasteiger partial charge in [-0.3, -0.25) is 4.68 Å². The highest BCUT2D eigenvalue weighted by molar-refractivity contribution is 5.19. The summed E-state index contributed by atoms with van der Waals surface area (Å²) in [5, 5.41) is 7.61. The molecule has 2 rings (SSSR count). The molecule has 0 bridgehead atoms. The van der Waals surface area contributed by atoms with Crippen molar-refractivity contribution in [3.05, 3.63) is 17.5 Å². The maximum absolute atomic E-state index is 12.8. The van der Waals surface area contributed by atoms with Crippen LogP contribution in [0, 0.1) is 12.8 Å². The maximum atomic E-state index is 12.8. The Labute approximate surface area is 117 Å². The van der Waals surface area contributed by atoms with Crippen molar-refractivity contribution >= 4 is 0 Å². The lowest BCUT2D eigenvalue weighted by atomic mass is 9.85. The molecule has 114 valence electrons. The number of halogens is 3. The number of hydrogen-bond donors (Lipinski definition) is 1. The lowest BCUT2D eigenvalue weighted by Crippen LogP contribution is -2.39. The van der Waals surface area contributed by atoms with Gasteiger partial charge in [-0.25, -0.2) is 0 Å². The second-order valence-electron chi connectivity index (χ2n) is 5.83. The fourth-order valence-electron chi connectivity index (χ4n) is 3.12. The van der Waals surface area contributed by atoms with E-state index in [0.717, 1.165) is 17.7 Å². The van der Waals surface area contributed by atoms with Crippen molar-refractivity contribution in [2.45, 2.75) is 57.8 Å². The molecule has 3 nitrogen and oxygen atoms in total. The van der Waals surface area contributed by atoms with Crippen molar-refractivity contribution in [3.63, 3.8) is 0 Å². The third kappa shape index (κ3) is 3.53. The van der Waals surface area contributed by atoms with E-state index in [1.807, 2.05) is 27.1 Å². The summed E-state index contributed by atoms with van der Waals surface area (Å²) in [7, 11) is 1.85. The van der Waals surface area contributed by atoms with Crippen LogP contribution in [0.4, 0.5) is 13.2 Å². The average Bonchev–Trinajstić information content (AvgIpc) is 2.68. The van der Waals surface area contributed by atoms with E-state index in [1.165, 1.54) is 0 Å². The molecule has 1 aromatic heterocycles. The van der Waals surface area contributed by atoms with Gasteiger partial charge in [0.25, 0.3) is 0 Å². The van der Waals surface area contributed by atoms with Crippen molar-refractivity contribution in [1.82, 2.24) is 15.1 Å². The Bertz CT molecular complexity index is 453. The molecule has 0 radical (unpaired) electrons. The van der Waals surface area contributed by atoms with Crippen LogP contribution in [-0.2, 0) is 7.05 Å². The Morgan fingerprint density at radius 1 is 1.40 bits per heavy atom. The molecule has 1 aromatic rings. The van der Waals surface area contributed by atoms with Crippen molar-refractivity contribution in [1.29, 1.82) is 0 Å². The summed E-state index contributed by atoms with van der Waals surface area (Å²) in [6.45, 7) is 3.91. The molecule has 0 aromatic carbocycles. The van der Waals surface area contributed by atoms with Crippen LogP contribution in [0.5, 0.6) is 0 Å². The number of nitrogens with one attached hydrogen (secondary N) is 1. The molecule has 0 spiro atoms. The van der Waals surface area contributed by atoms with Gasteiger partial charge in [0.05, 0.1) is 11.6 Å². The van der Waals surface area contributed by atoms with Gasteiger partial charge in [-0.2, -0.15) is 18.3 Å². The Hall–Kier alpha value is -1.04. The second kappa shape index (κ2) is 5.76. The van der Waals surface area contributed by atoms with E-state index in [4.69, 9.17) is 0 Å². The number of nitrogens with zero attached hydrogens (tertiary/aromatic N) is 2. The summed E-state index contributed by atoms with van der Waals surface area (Å²) in [5.41, 5.74) is 1.98. The first-order chi connectivity index (χ1) is 9.27. The zero-order valence-electron chi connectivity index (χ0n) is 12.2. The van der Waals surface area contributed by atoms with Crippen LogP contribution in [0.2, 0.25) is 0 Å². The third-order valence-corrected chi connectivity index (χ3v) is 4.14. The van der Waals surface area contributed by atoms with Gasteiger partial charge in [-0.05, 0) is 33.1 Å². The zero-order chi connectivity index (χ0) is 14.9. The molecule has 1 aliphatic rings. The van der Waals surface area contributed by atoms with E-state index >= 15 is 0 Å². The minimum absolute atomic E-state index is 0.0284. The first-order valence-electron chi connectivity index (χ1n) is 7.10. The van der Waals surface area contributed by atoms with Crippen molar-refractivity contribution in [2.75, 3.05) is 0 Å². The summed E-state index contributed by atoms with van der Waals surface area (Å²) < 4.78 is 40.1. The van der Waals surface area contributed by atoms with Crippen molar-refractivity contribution in [3.8, 4) is 0 Å². The van der Waals surface area contributed by atoms with Gasteiger partial charge in [-0.1, -0.05) is 6.42 Å². The van der Waals surface area contributed by atoms with Gasteiger partial charge >= 0.3 is 6.18 Å². The Morgan fingerprint density at radius 2 is 2.10 bits per heavy atom. The smallest absolute Gasteiger partial charge is 0.307 e. The number of aromatic nitrogens is 2. The van der Waals surface area contributed by atoms with Crippen LogP contribution < -0.4 is 5.32 Å². The van der Waals surface area contributed by atoms with Gasteiger partial charge in [0.15, 0.2) is 0 Å². The predicted molar refractivity (Wildman–Crippen MR) is 71.3 cm³/mol. The molecule has 0 aliphatic heterocycles. The number of aryl methyl sites for hydroxylation is 2. The van der Waals surface area contributed by atoms with Crippen LogP contribution in [0.1, 0.15) is 49.9 Å². The minimum atomic E-state index is -4.06. The first-order valence-corrected chi connectivity index (χ1v) is 7.10. The van der Waals surface area contributed by atoms with Crippen LogP contribution in [0.3, 0.4) is 0 Å². The normalized spacial score (nSPS) is 25.7. The van der Waals surface area contributed by atoms with Gasteiger partial charge < -0.3 is 5.32 Å². The molecular formula is C14H22F3N3. The lowest BCUT2D eigenvalue weighted by Gasteiger charge is -2.32. The molecule has 6 heteroatoms. The summed E-state index contributed by atoms with van der Waals surface area (Å²) >= 11 is 0. The summed E-state index contributed by atoms with van der Waals surface area (Å²) in [6.07, 6.45) is -0.225. The molecule has 1 aliphatic carbocycles. The monoisotopic (exact) mass is 289 g/mol. The van der Waals surface area contributed by atoms with E-state index in [9.17, 15) is 13.2 Å². The largest absolute Gasteiger partial charge is 0.391 e. The fraction of sp³-hybridized carbons (Fsp3) is 0.786. The molecule has 1 heterocycles. The van der Waals surface area contributed by atoms with Crippen LogP contribution in [-0.4, -0.2) is 22.0 Å². The first kappa shape index (κ1) is 15.4. The molecule has 3 unspecified atom stereocenters. The van der Waals surface area contributed by atoms with E-state index in [1.54, 1.807) is 4.68 Å². The molecule has 20 heavy (non-hydrogen) atoms. The van der Waals surface area contributed by atoms with Crippen molar-refractivity contribution in [2.24, 2.45) is 13.0 Å². The molecule has 0 saturated heterocycles. The van der Waals surface area contributed by atoms with Crippen LogP contribution in [0.15, 0.2) is 6.20 Å². The van der Waals surface area contributed by atoms with Crippen LogP contribution >= 0.6 is 0 Å². The number of rotatable bonds is 3. The standard InChI is InChI=1S/C14H22F3N3/c1-9(13-8-20(3)19-10(13)2)18-12-6-4-5-11(7-12)14(15,16)17/h8-9,11-12,18H,4-7H2,1-3H3. The van der Waals surface area contributed by atoms with Crippen molar-refractivity contribution < 1.29 is 13.2 Å². The highest BCUT2D eigenvalue weighted by atomic mass is 19.4. The van der Waals surface area contributed by atoms with Gasteiger partial charge in [-0.15, -0.1) is 0 Å². The van der Waals surface area contributed by atoms with E-state index in [-0.39, 0.29) is 24.9 Å². The van der Waals surface area contributed by atoms with Gasteiger partial charge in [0, 0.05) is 30.9 Å². The molecule has 0 amide bonds. The number of alkyl halides is 3. The molecule has 3 atom stereocenters. The molecule has 1 N–H and O–H groups in total. The SMILES string of the molecule is Cc1nn(C)cc1C(C)NC1CCCC(C(F)(F)F)C1. The quantitative estimate of drug-likeness (QED) is 0.923. The fourth-order valence-corrected chi connectivity index (χ4v) is 3.12. The maximum Gasteiger partial charge on any atom is 0.391 e. The summed E-state index contributed by atoms with van der Waals surface area (Å²) in [5.74, 6) is -1.16. The number of hydrogen-bond acceptors (Lipinski definition) is 2. The van der Waals surface area contributed by atoms with Gasteiger partial charge in [0.2, 0.25) is 0 Å². The van der Waals surface area contributed by atoms with E-state index < -0.39 is 12.1 Å². The predicted octanol–water partition coefficient (Wildman–Crippen LogP) is 3.50. The highest BCUT2D eigenvalue weighted by Gasteiger charge is 2.42.